The summed E-state index contributed by atoms with van der Waals surface area (Å²) in [5.74, 6) is 0.730. The van der Waals surface area contributed by atoms with E-state index in [1.807, 2.05) is 11.8 Å². The largest absolute Gasteiger partial charge is 0.362 e. The van der Waals surface area contributed by atoms with Crippen LogP contribution in [0.5, 0.6) is 0 Å². The number of hydrogen-bond donors (Lipinski definition) is 1. The SMILES string of the molecule is CC(C)C1CN=C(NC2CCC(C)(C)C2)S1. The van der Waals surface area contributed by atoms with E-state index < -0.39 is 0 Å². The maximum absolute atomic E-state index is 4.62. The zero-order chi connectivity index (χ0) is 11.8. The molecule has 0 radical (unpaired) electrons. The highest BCUT2D eigenvalue weighted by Crippen LogP contribution is 2.37. The van der Waals surface area contributed by atoms with Crippen molar-refractivity contribution in [3.05, 3.63) is 0 Å². The summed E-state index contributed by atoms with van der Waals surface area (Å²) in [7, 11) is 0. The van der Waals surface area contributed by atoms with E-state index in [9.17, 15) is 0 Å². The molecule has 2 aliphatic rings. The molecule has 1 aliphatic carbocycles. The molecule has 16 heavy (non-hydrogen) atoms. The van der Waals surface area contributed by atoms with Crippen LogP contribution in [0.15, 0.2) is 4.99 Å². The van der Waals surface area contributed by atoms with Gasteiger partial charge in [-0.3, -0.25) is 4.99 Å². The molecule has 2 unspecified atom stereocenters. The maximum Gasteiger partial charge on any atom is 0.157 e. The molecule has 0 spiro atoms. The second-order valence-corrected chi connectivity index (χ2v) is 7.52. The van der Waals surface area contributed by atoms with Crippen molar-refractivity contribution in [2.24, 2.45) is 16.3 Å². The van der Waals surface area contributed by atoms with E-state index in [1.54, 1.807) is 0 Å². The van der Waals surface area contributed by atoms with Crippen molar-refractivity contribution < 1.29 is 0 Å². The van der Waals surface area contributed by atoms with Crippen molar-refractivity contribution in [3.8, 4) is 0 Å². The first kappa shape index (κ1) is 12.3. The van der Waals surface area contributed by atoms with Crippen LogP contribution in [0.2, 0.25) is 0 Å². The zero-order valence-corrected chi connectivity index (χ0v) is 11.7. The normalized spacial score (nSPS) is 33.2. The van der Waals surface area contributed by atoms with Gasteiger partial charge in [0.05, 0.1) is 6.54 Å². The van der Waals surface area contributed by atoms with Gasteiger partial charge < -0.3 is 5.32 Å². The monoisotopic (exact) mass is 240 g/mol. The third-order valence-corrected chi connectivity index (χ3v) is 5.18. The summed E-state index contributed by atoms with van der Waals surface area (Å²) >= 11 is 1.94. The molecule has 0 bridgehead atoms. The Hall–Kier alpha value is -0.180. The minimum atomic E-state index is 0.527. The van der Waals surface area contributed by atoms with Crippen LogP contribution < -0.4 is 5.32 Å². The third kappa shape index (κ3) is 2.93. The fourth-order valence-electron chi connectivity index (χ4n) is 2.55. The Bertz CT molecular complexity index is 284. The minimum absolute atomic E-state index is 0.527. The van der Waals surface area contributed by atoms with Gasteiger partial charge in [0.25, 0.3) is 0 Å². The summed E-state index contributed by atoms with van der Waals surface area (Å²) in [6.45, 7) is 10.3. The Morgan fingerprint density at radius 3 is 2.69 bits per heavy atom. The molecule has 92 valence electrons. The van der Waals surface area contributed by atoms with Gasteiger partial charge in [-0.2, -0.15) is 0 Å². The lowest BCUT2D eigenvalue weighted by atomic mass is 9.92. The maximum atomic E-state index is 4.62. The van der Waals surface area contributed by atoms with Crippen molar-refractivity contribution in [2.45, 2.75) is 58.2 Å². The van der Waals surface area contributed by atoms with E-state index >= 15 is 0 Å². The predicted molar refractivity (Wildman–Crippen MR) is 73.1 cm³/mol. The summed E-state index contributed by atoms with van der Waals surface area (Å²) < 4.78 is 0. The molecule has 1 saturated carbocycles. The molecular formula is C13H24N2S. The molecule has 1 fully saturated rings. The molecule has 0 aromatic carbocycles. The van der Waals surface area contributed by atoms with Gasteiger partial charge in [-0.05, 0) is 30.6 Å². The first-order valence-electron chi connectivity index (χ1n) is 6.44. The van der Waals surface area contributed by atoms with Crippen molar-refractivity contribution in [2.75, 3.05) is 6.54 Å². The number of rotatable bonds is 2. The van der Waals surface area contributed by atoms with E-state index in [2.05, 4.69) is 38.0 Å². The second kappa shape index (κ2) is 4.59. The molecular weight excluding hydrogens is 216 g/mol. The molecule has 0 aromatic heterocycles. The van der Waals surface area contributed by atoms with Crippen molar-refractivity contribution in [1.29, 1.82) is 0 Å². The topological polar surface area (TPSA) is 24.4 Å². The van der Waals surface area contributed by atoms with Gasteiger partial charge in [0.2, 0.25) is 0 Å². The summed E-state index contributed by atoms with van der Waals surface area (Å²) in [5, 5.41) is 5.52. The van der Waals surface area contributed by atoms with Crippen LogP contribution in [0.3, 0.4) is 0 Å². The van der Waals surface area contributed by atoms with Gasteiger partial charge in [-0.15, -0.1) is 0 Å². The molecule has 2 rings (SSSR count). The number of aliphatic imine (C=N–C) groups is 1. The first-order valence-corrected chi connectivity index (χ1v) is 7.32. The molecule has 1 aliphatic heterocycles. The van der Waals surface area contributed by atoms with E-state index in [1.165, 1.54) is 24.4 Å². The Labute approximate surface area is 104 Å². The third-order valence-electron chi connectivity index (χ3n) is 3.72. The van der Waals surface area contributed by atoms with Crippen LogP contribution in [0.4, 0.5) is 0 Å². The summed E-state index contributed by atoms with van der Waals surface area (Å²) in [6, 6.07) is 0.659. The molecule has 1 heterocycles. The van der Waals surface area contributed by atoms with Gasteiger partial charge in [-0.1, -0.05) is 39.5 Å². The zero-order valence-electron chi connectivity index (χ0n) is 10.9. The average molecular weight is 240 g/mol. The van der Waals surface area contributed by atoms with Gasteiger partial charge >= 0.3 is 0 Å². The predicted octanol–water partition coefficient (Wildman–Crippen LogP) is 3.28. The highest BCUT2D eigenvalue weighted by Gasteiger charge is 2.32. The van der Waals surface area contributed by atoms with E-state index in [0.717, 1.165) is 12.5 Å². The van der Waals surface area contributed by atoms with E-state index in [4.69, 9.17) is 0 Å². The standard InChI is InChI=1S/C13H24N2S/c1-9(2)11-8-14-12(16-11)15-10-5-6-13(3,4)7-10/h9-11H,5-8H2,1-4H3,(H,14,15). The smallest absolute Gasteiger partial charge is 0.157 e. The number of thioether (sulfide) groups is 1. The first-order chi connectivity index (χ1) is 7.46. The molecule has 0 aromatic rings. The number of hydrogen-bond acceptors (Lipinski definition) is 3. The van der Waals surface area contributed by atoms with Gasteiger partial charge in [-0.25, -0.2) is 0 Å². The van der Waals surface area contributed by atoms with Gasteiger partial charge in [0.15, 0.2) is 5.17 Å². The summed E-state index contributed by atoms with van der Waals surface area (Å²) in [6.07, 6.45) is 3.94. The molecule has 2 atom stereocenters. The fraction of sp³-hybridized carbons (Fsp3) is 0.923. The lowest BCUT2D eigenvalue weighted by molar-refractivity contribution is 0.372. The molecule has 1 N–H and O–H groups in total. The average Bonchev–Trinajstić information content (AvgIpc) is 2.73. The highest BCUT2D eigenvalue weighted by atomic mass is 32.2. The van der Waals surface area contributed by atoms with Gasteiger partial charge in [0.1, 0.15) is 0 Å². The number of amidine groups is 1. The summed E-state index contributed by atoms with van der Waals surface area (Å²) in [5.41, 5.74) is 0.527. The van der Waals surface area contributed by atoms with Crippen molar-refractivity contribution in [3.63, 3.8) is 0 Å². The number of nitrogens with zero attached hydrogens (tertiary/aromatic N) is 1. The Kier molecular flexibility index (Phi) is 3.53. The quantitative estimate of drug-likeness (QED) is 0.801. The molecule has 0 saturated heterocycles. The van der Waals surface area contributed by atoms with Crippen molar-refractivity contribution in [1.82, 2.24) is 5.32 Å². The lowest BCUT2D eigenvalue weighted by Gasteiger charge is -2.19. The Morgan fingerprint density at radius 2 is 2.19 bits per heavy atom. The van der Waals surface area contributed by atoms with Gasteiger partial charge in [0, 0.05) is 11.3 Å². The van der Waals surface area contributed by atoms with Crippen LogP contribution >= 0.6 is 11.8 Å². The van der Waals surface area contributed by atoms with Crippen LogP contribution in [0, 0.1) is 11.3 Å². The molecule has 2 nitrogen and oxygen atoms in total. The van der Waals surface area contributed by atoms with Crippen LogP contribution in [-0.4, -0.2) is 23.0 Å². The van der Waals surface area contributed by atoms with E-state index in [-0.39, 0.29) is 0 Å². The minimum Gasteiger partial charge on any atom is -0.362 e. The fourth-order valence-corrected chi connectivity index (χ4v) is 3.64. The lowest BCUT2D eigenvalue weighted by Crippen LogP contribution is -2.31. The molecule has 0 amide bonds. The highest BCUT2D eigenvalue weighted by molar-refractivity contribution is 8.14. The van der Waals surface area contributed by atoms with Crippen molar-refractivity contribution >= 4 is 16.9 Å². The second-order valence-electron chi connectivity index (χ2n) is 6.29. The van der Waals surface area contributed by atoms with Crippen LogP contribution in [0.25, 0.3) is 0 Å². The van der Waals surface area contributed by atoms with Crippen LogP contribution in [-0.2, 0) is 0 Å². The van der Waals surface area contributed by atoms with Crippen LogP contribution in [0.1, 0.15) is 47.0 Å². The Balaban J connectivity index is 1.80. The number of nitrogens with one attached hydrogen (secondary N) is 1. The van der Waals surface area contributed by atoms with E-state index in [0.29, 0.717) is 16.7 Å². The Morgan fingerprint density at radius 1 is 1.44 bits per heavy atom. The summed E-state index contributed by atoms with van der Waals surface area (Å²) in [4.78, 5) is 4.62. The molecule has 3 heteroatoms.